The van der Waals surface area contributed by atoms with Gasteiger partial charge in [0, 0.05) is 5.56 Å². The van der Waals surface area contributed by atoms with E-state index in [-0.39, 0.29) is 11.9 Å². The Kier molecular flexibility index (Phi) is 5.69. The van der Waals surface area contributed by atoms with Crippen LogP contribution in [0, 0.1) is 0 Å². The van der Waals surface area contributed by atoms with Crippen LogP contribution in [0.1, 0.15) is 24.1 Å². The lowest BCUT2D eigenvalue weighted by Gasteiger charge is -2.17. The lowest BCUT2D eigenvalue weighted by Crippen LogP contribution is -2.28. The summed E-state index contributed by atoms with van der Waals surface area (Å²) in [5, 5.41) is 3.05. The third-order valence-electron chi connectivity index (χ3n) is 4.41. The Hall–Kier alpha value is -3.07. The fraction of sp³-hybridized carbons (Fsp3) is 0.174. The molecule has 0 heterocycles. The summed E-state index contributed by atoms with van der Waals surface area (Å²) in [5.74, 6) is 0.781. The van der Waals surface area contributed by atoms with E-state index < -0.39 is 0 Å². The number of carbonyl (C=O) groups is 1. The summed E-state index contributed by atoms with van der Waals surface area (Å²) < 4.78 is 5.37. The van der Waals surface area contributed by atoms with Crippen LogP contribution in [0.3, 0.4) is 0 Å². The van der Waals surface area contributed by atoms with Crippen molar-refractivity contribution in [2.24, 2.45) is 0 Å². The normalized spacial score (nSPS) is 11.6. The highest BCUT2D eigenvalue weighted by Gasteiger charge is 2.13. The van der Waals surface area contributed by atoms with Gasteiger partial charge in [0.1, 0.15) is 5.75 Å². The molecule has 0 saturated carbocycles. The van der Waals surface area contributed by atoms with E-state index in [0.29, 0.717) is 6.42 Å². The van der Waals surface area contributed by atoms with Crippen LogP contribution >= 0.6 is 0 Å². The average molecular weight is 345 g/mol. The Morgan fingerprint density at radius 1 is 0.885 bits per heavy atom. The van der Waals surface area contributed by atoms with E-state index in [4.69, 9.17) is 4.74 Å². The Morgan fingerprint density at radius 3 is 2.19 bits per heavy atom. The highest BCUT2D eigenvalue weighted by molar-refractivity contribution is 5.79. The van der Waals surface area contributed by atoms with Crippen LogP contribution in [0.15, 0.2) is 78.9 Å². The molecule has 0 bridgehead atoms. The number of rotatable bonds is 6. The van der Waals surface area contributed by atoms with Crippen molar-refractivity contribution in [1.29, 1.82) is 0 Å². The molecule has 0 spiro atoms. The summed E-state index contributed by atoms with van der Waals surface area (Å²) >= 11 is 0. The first-order valence-corrected chi connectivity index (χ1v) is 8.74. The highest BCUT2D eigenvalue weighted by atomic mass is 16.5. The second-order valence-corrected chi connectivity index (χ2v) is 6.27. The largest absolute Gasteiger partial charge is 0.496 e. The van der Waals surface area contributed by atoms with Crippen LogP contribution in [0.4, 0.5) is 0 Å². The number of ether oxygens (including phenoxy) is 1. The van der Waals surface area contributed by atoms with Crippen molar-refractivity contribution >= 4 is 5.91 Å². The Morgan fingerprint density at radius 2 is 1.50 bits per heavy atom. The molecule has 0 aliphatic carbocycles. The van der Waals surface area contributed by atoms with Gasteiger partial charge in [0.15, 0.2) is 0 Å². The summed E-state index contributed by atoms with van der Waals surface area (Å²) in [7, 11) is 1.64. The van der Waals surface area contributed by atoms with Crippen LogP contribution in [-0.4, -0.2) is 13.0 Å². The van der Waals surface area contributed by atoms with Gasteiger partial charge in [-0.15, -0.1) is 0 Å². The molecule has 1 amide bonds. The third kappa shape index (κ3) is 4.31. The standard InChI is InChI=1S/C23H23NO2/c1-17(21-10-6-7-11-22(21)26-2)24-23(25)16-18-12-14-20(15-13-18)19-8-4-3-5-9-19/h3-15,17H,16H2,1-2H3,(H,24,25)/t17-/m0/s1. The Bertz CT molecular complexity index is 857. The van der Waals surface area contributed by atoms with Gasteiger partial charge in [-0.2, -0.15) is 0 Å². The molecule has 1 atom stereocenters. The SMILES string of the molecule is COc1ccccc1[C@H](C)NC(=O)Cc1ccc(-c2ccccc2)cc1. The predicted molar refractivity (Wildman–Crippen MR) is 105 cm³/mol. The van der Waals surface area contributed by atoms with Crippen molar-refractivity contribution in [2.45, 2.75) is 19.4 Å². The van der Waals surface area contributed by atoms with Gasteiger partial charge in [-0.05, 0) is 29.7 Å². The maximum absolute atomic E-state index is 12.4. The lowest BCUT2D eigenvalue weighted by atomic mass is 10.0. The molecule has 0 aliphatic heterocycles. The summed E-state index contributed by atoms with van der Waals surface area (Å²) in [6, 6.07) is 26.0. The van der Waals surface area contributed by atoms with Crippen LogP contribution < -0.4 is 10.1 Å². The minimum atomic E-state index is -0.109. The van der Waals surface area contributed by atoms with E-state index in [1.165, 1.54) is 5.56 Å². The number of methoxy groups -OCH3 is 1. The first kappa shape index (κ1) is 17.7. The smallest absolute Gasteiger partial charge is 0.224 e. The van der Waals surface area contributed by atoms with Gasteiger partial charge in [-0.3, -0.25) is 4.79 Å². The molecule has 0 aromatic heterocycles. The van der Waals surface area contributed by atoms with Crippen LogP contribution in [-0.2, 0) is 11.2 Å². The maximum atomic E-state index is 12.4. The highest BCUT2D eigenvalue weighted by Crippen LogP contribution is 2.24. The Balaban J connectivity index is 1.63. The van der Waals surface area contributed by atoms with E-state index in [1.54, 1.807) is 7.11 Å². The van der Waals surface area contributed by atoms with E-state index in [2.05, 4.69) is 29.6 Å². The second-order valence-electron chi connectivity index (χ2n) is 6.27. The predicted octanol–water partition coefficient (Wildman–Crippen LogP) is 4.78. The maximum Gasteiger partial charge on any atom is 0.224 e. The van der Waals surface area contributed by atoms with E-state index in [9.17, 15) is 4.79 Å². The number of carbonyl (C=O) groups excluding carboxylic acids is 1. The van der Waals surface area contributed by atoms with Crippen molar-refractivity contribution in [3.8, 4) is 16.9 Å². The topological polar surface area (TPSA) is 38.3 Å². The molecule has 3 aromatic rings. The monoisotopic (exact) mass is 345 g/mol. The molecule has 132 valence electrons. The lowest BCUT2D eigenvalue weighted by molar-refractivity contribution is -0.121. The second kappa shape index (κ2) is 8.34. The van der Waals surface area contributed by atoms with Gasteiger partial charge in [-0.25, -0.2) is 0 Å². The number of amides is 1. The summed E-state index contributed by atoms with van der Waals surface area (Å²) in [6.45, 7) is 1.97. The van der Waals surface area contributed by atoms with Crippen molar-refractivity contribution in [2.75, 3.05) is 7.11 Å². The van der Waals surface area contributed by atoms with E-state index in [0.717, 1.165) is 22.4 Å². The number of benzene rings is 3. The Labute approximate surface area is 154 Å². The minimum absolute atomic E-state index is 0.00383. The molecule has 0 radical (unpaired) electrons. The molecule has 0 unspecified atom stereocenters. The van der Waals surface area contributed by atoms with Gasteiger partial charge in [0.2, 0.25) is 5.91 Å². The van der Waals surface area contributed by atoms with Crippen LogP contribution in [0.5, 0.6) is 5.75 Å². The van der Waals surface area contributed by atoms with Crippen LogP contribution in [0.2, 0.25) is 0 Å². The summed E-state index contributed by atoms with van der Waals surface area (Å²) in [6.07, 6.45) is 0.356. The molecule has 3 heteroatoms. The molecule has 0 aliphatic rings. The van der Waals surface area contributed by atoms with Crippen molar-refractivity contribution < 1.29 is 9.53 Å². The molecule has 3 nitrogen and oxygen atoms in total. The molecule has 3 rings (SSSR count). The van der Waals surface area contributed by atoms with Gasteiger partial charge in [-0.1, -0.05) is 72.8 Å². The van der Waals surface area contributed by atoms with Crippen molar-refractivity contribution in [1.82, 2.24) is 5.32 Å². The quantitative estimate of drug-likeness (QED) is 0.698. The fourth-order valence-corrected chi connectivity index (χ4v) is 3.03. The number of hydrogen-bond donors (Lipinski definition) is 1. The zero-order valence-electron chi connectivity index (χ0n) is 15.1. The molecule has 3 aromatic carbocycles. The zero-order chi connectivity index (χ0) is 18.4. The number of nitrogens with one attached hydrogen (secondary N) is 1. The van der Waals surface area contributed by atoms with Gasteiger partial charge in [0.25, 0.3) is 0 Å². The molecule has 1 N–H and O–H groups in total. The molecular formula is C23H23NO2. The summed E-state index contributed by atoms with van der Waals surface area (Å²) in [5.41, 5.74) is 4.29. The van der Waals surface area contributed by atoms with Gasteiger partial charge in [0.05, 0.1) is 19.6 Å². The molecular weight excluding hydrogens is 322 g/mol. The van der Waals surface area contributed by atoms with Gasteiger partial charge >= 0.3 is 0 Å². The fourth-order valence-electron chi connectivity index (χ4n) is 3.03. The molecule has 0 saturated heterocycles. The van der Waals surface area contributed by atoms with E-state index >= 15 is 0 Å². The van der Waals surface area contributed by atoms with Gasteiger partial charge < -0.3 is 10.1 Å². The first-order chi connectivity index (χ1) is 12.7. The minimum Gasteiger partial charge on any atom is -0.496 e. The third-order valence-corrected chi connectivity index (χ3v) is 4.41. The van der Waals surface area contributed by atoms with Crippen LogP contribution in [0.25, 0.3) is 11.1 Å². The van der Waals surface area contributed by atoms with Crippen molar-refractivity contribution in [3.05, 3.63) is 90.0 Å². The summed E-state index contributed by atoms with van der Waals surface area (Å²) in [4.78, 5) is 12.4. The molecule has 0 fully saturated rings. The molecule has 26 heavy (non-hydrogen) atoms. The first-order valence-electron chi connectivity index (χ1n) is 8.74. The number of para-hydroxylation sites is 1. The number of hydrogen-bond acceptors (Lipinski definition) is 2. The average Bonchev–Trinajstić information content (AvgIpc) is 2.69. The van der Waals surface area contributed by atoms with E-state index in [1.807, 2.05) is 61.5 Å². The van der Waals surface area contributed by atoms with Crippen molar-refractivity contribution in [3.63, 3.8) is 0 Å². The zero-order valence-corrected chi connectivity index (χ0v) is 15.1.